The van der Waals surface area contributed by atoms with Crippen LogP contribution in [0.25, 0.3) is 0 Å². The summed E-state index contributed by atoms with van der Waals surface area (Å²) in [5, 5.41) is 9.44. The maximum Gasteiger partial charge on any atom is 0.240 e. The minimum absolute atomic E-state index is 0.116. The molecular formula is C11H21N3O3. The number of likely N-dealkylation sites (tertiary alicyclic amines) is 1. The topological polar surface area (TPSA) is 110 Å². The van der Waals surface area contributed by atoms with Crippen LogP contribution in [-0.2, 0) is 9.59 Å². The summed E-state index contributed by atoms with van der Waals surface area (Å²) in [7, 11) is 0. The standard InChI is InChI=1S/C11H21N3O3/c1-7(15)8-2-4-14(5-3-8)11(17)9(12)6-10(13)16/h7-9,15H,2-6,12H2,1H3,(H2,13,16). The molecule has 17 heavy (non-hydrogen) atoms. The van der Waals surface area contributed by atoms with Crippen molar-refractivity contribution in [1.29, 1.82) is 0 Å². The molecule has 0 bridgehead atoms. The van der Waals surface area contributed by atoms with Crippen molar-refractivity contribution in [3.8, 4) is 0 Å². The van der Waals surface area contributed by atoms with Gasteiger partial charge in [-0.1, -0.05) is 0 Å². The number of rotatable bonds is 4. The fourth-order valence-electron chi connectivity index (χ4n) is 2.14. The molecule has 1 aliphatic heterocycles. The third kappa shape index (κ3) is 3.98. The molecule has 1 rings (SSSR count). The number of nitrogens with zero attached hydrogens (tertiary/aromatic N) is 1. The Morgan fingerprint density at radius 2 is 1.94 bits per heavy atom. The largest absolute Gasteiger partial charge is 0.393 e. The number of amides is 2. The molecule has 1 aliphatic rings. The Kier molecular flexibility index (Phi) is 4.89. The number of nitrogens with two attached hydrogens (primary N) is 2. The van der Waals surface area contributed by atoms with E-state index >= 15 is 0 Å². The van der Waals surface area contributed by atoms with Crippen LogP contribution in [0.3, 0.4) is 0 Å². The van der Waals surface area contributed by atoms with Gasteiger partial charge in [-0.15, -0.1) is 0 Å². The molecule has 0 aromatic carbocycles. The van der Waals surface area contributed by atoms with Crippen LogP contribution in [-0.4, -0.2) is 47.1 Å². The first kappa shape index (κ1) is 13.9. The van der Waals surface area contributed by atoms with Gasteiger partial charge in [0.15, 0.2) is 0 Å². The quantitative estimate of drug-likeness (QED) is 0.576. The van der Waals surface area contributed by atoms with E-state index in [1.54, 1.807) is 11.8 Å². The molecule has 2 unspecified atom stereocenters. The molecule has 6 nitrogen and oxygen atoms in total. The Hall–Kier alpha value is -1.14. The van der Waals surface area contributed by atoms with Crippen LogP contribution in [0.15, 0.2) is 0 Å². The van der Waals surface area contributed by atoms with Crippen molar-refractivity contribution in [3.05, 3.63) is 0 Å². The number of piperidine rings is 1. The lowest BCUT2D eigenvalue weighted by atomic mass is 9.92. The van der Waals surface area contributed by atoms with E-state index in [4.69, 9.17) is 11.5 Å². The lowest BCUT2D eigenvalue weighted by Crippen LogP contribution is -2.49. The highest BCUT2D eigenvalue weighted by atomic mass is 16.3. The van der Waals surface area contributed by atoms with E-state index in [-0.39, 0.29) is 24.3 Å². The first-order valence-corrected chi connectivity index (χ1v) is 5.92. The molecule has 0 aliphatic carbocycles. The lowest BCUT2D eigenvalue weighted by Gasteiger charge is -2.34. The zero-order valence-electron chi connectivity index (χ0n) is 10.1. The van der Waals surface area contributed by atoms with E-state index in [0.29, 0.717) is 13.1 Å². The van der Waals surface area contributed by atoms with Crippen LogP contribution in [0.1, 0.15) is 26.2 Å². The van der Waals surface area contributed by atoms with Crippen molar-refractivity contribution in [2.75, 3.05) is 13.1 Å². The summed E-state index contributed by atoms with van der Waals surface area (Å²) < 4.78 is 0. The van der Waals surface area contributed by atoms with Gasteiger partial charge in [0.05, 0.1) is 18.6 Å². The Balaban J connectivity index is 2.43. The van der Waals surface area contributed by atoms with Gasteiger partial charge in [0.2, 0.25) is 11.8 Å². The summed E-state index contributed by atoms with van der Waals surface area (Å²) in [6, 6.07) is -0.837. The molecule has 1 fully saturated rings. The number of carbonyl (C=O) groups is 2. The fraction of sp³-hybridized carbons (Fsp3) is 0.818. The summed E-state index contributed by atoms with van der Waals surface area (Å²) in [5.41, 5.74) is 10.6. The number of aliphatic hydroxyl groups excluding tert-OH is 1. The molecule has 2 atom stereocenters. The maximum absolute atomic E-state index is 11.8. The zero-order chi connectivity index (χ0) is 13.0. The lowest BCUT2D eigenvalue weighted by molar-refractivity contribution is -0.136. The molecule has 5 N–H and O–H groups in total. The van der Waals surface area contributed by atoms with Crippen molar-refractivity contribution in [3.63, 3.8) is 0 Å². The van der Waals surface area contributed by atoms with Gasteiger partial charge < -0.3 is 21.5 Å². The van der Waals surface area contributed by atoms with Crippen LogP contribution in [0.5, 0.6) is 0 Å². The second-order valence-corrected chi connectivity index (χ2v) is 4.68. The highest BCUT2D eigenvalue weighted by molar-refractivity contribution is 5.87. The Morgan fingerprint density at radius 1 is 1.41 bits per heavy atom. The Bertz CT molecular complexity index is 286. The predicted octanol–water partition coefficient (Wildman–Crippen LogP) is -1.19. The molecule has 98 valence electrons. The van der Waals surface area contributed by atoms with Gasteiger partial charge in [0.1, 0.15) is 0 Å². The van der Waals surface area contributed by atoms with E-state index in [1.807, 2.05) is 0 Å². The number of primary amides is 1. The molecular weight excluding hydrogens is 222 g/mol. The normalized spacial score (nSPS) is 21.0. The molecule has 0 saturated carbocycles. The molecule has 1 saturated heterocycles. The number of hydrogen-bond donors (Lipinski definition) is 3. The minimum atomic E-state index is -0.837. The second-order valence-electron chi connectivity index (χ2n) is 4.68. The molecule has 0 aromatic heterocycles. The number of hydrogen-bond acceptors (Lipinski definition) is 4. The first-order valence-electron chi connectivity index (χ1n) is 5.92. The van der Waals surface area contributed by atoms with Gasteiger partial charge in [-0.2, -0.15) is 0 Å². The molecule has 0 spiro atoms. The van der Waals surface area contributed by atoms with Crippen molar-refractivity contribution in [2.24, 2.45) is 17.4 Å². The fourth-order valence-corrected chi connectivity index (χ4v) is 2.14. The monoisotopic (exact) mass is 243 g/mol. The van der Waals surface area contributed by atoms with Gasteiger partial charge >= 0.3 is 0 Å². The SMILES string of the molecule is CC(O)C1CCN(C(=O)C(N)CC(N)=O)CC1. The van der Waals surface area contributed by atoms with Gasteiger partial charge in [0, 0.05) is 13.1 Å². The van der Waals surface area contributed by atoms with Crippen LogP contribution < -0.4 is 11.5 Å². The smallest absolute Gasteiger partial charge is 0.240 e. The van der Waals surface area contributed by atoms with E-state index in [1.165, 1.54) is 0 Å². The first-order chi connectivity index (χ1) is 7.91. The van der Waals surface area contributed by atoms with E-state index < -0.39 is 11.9 Å². The molecule has 6 heteroatoms. The van der Waals surface area contributed by atoms with Crippen molar-refractivity contribution < 1.29 is 14.7 Å². The summed E-state index contributed by atoms with van der Waals surface area (Å²) >= 11 is 0. The predicted molar refractivity (Wildman–Crippen MR) is 62.8 cm³/mol. The molecule has 0 aromatic rings. The van der Waals surface area contributed by atoms with Crippen LogP contribution in [0, 0.1) is 5.92 Å². The molecule has 2 amide bonds. The van der Waals surface area contributed by atoms with Crippen LogP contribution in [0.4, 0.5) is 0 Å². The van der Waals surface area contributed by atoms with Crippen LogP contribution >= 0.6 is 0 Å². The summed E-state index contributed by atoms with van der Waals surface area (Å²) in [6.45, 7) is 2.93. The van der Waals surface area contributed by atoms with Crippen LogP contribution in [0.2, 0.25) is 0 Å². The third-order valence-corrected chi connectivity index (χ3v) is 3.27. The van der Waals surface area contributed by atoms with Crippen molar-refractivity contribution in [1.82, 2.24) is 4.90 Å². The number of aliphatic hydroxyl groups is 1. The Labute approximate surface area is 101 Å². The van der Waals surface area contributed by atoms with E-state index in [2.05, 4.69) is 0 Å². The maximum atomic E-state index is 11.8. The Morgan fingerprint density at radius 3 is 2.35 bits per heavy atom. The summed E-state index contributed by atoms with van der Waals surface area (Å²) in [5.74, 6) is -0.552. The van der Waals surface area contributed by atoms with E-state index in [0.717, 1.165) is 12.8 Å². The highest BCUT2D eigenvalue weighted by Crippen LogP contribution is 2.20. The summed E-state index contributed by atoms with van der Waals surface area (Å²) in [4.78, 5) is 24.2. The van der Waals surface area contributed by atoms with Crippen molar-refractivity contribution in [2.45, 2.75) is 38.3 Å². The third-order valence-electron chi connectivity index (χ3n) is 3.27. The van der Waals surface area contributed by atoms with Crippen molar-refractivity contribution >= 4 is 11.8 Å². The highest BCUT2D eigenvalue weighted by Gasteiger charge is 2.28. The van der Waals surface area contributed by atoms with Gasteiger partial charge in [0.25, 0.3) is 0 Å². The minimum Gasteiger partial charge on any atom is -0.393 e. The van der Waals surface area contributed by atoms with Gasteiger partial charge in [-0.25, -0.2) is 0 Å². The zero-order valence-corrected chi connectivity index (χ0v) is 10.1. The average Bonchev–Trinajstić information content (AvgIpc) is 2.27. The molecule has 1 heterocycles. The number of carbonyl (C=O) groups excluding carboxylic acids is 2. The van der Waals surface area contributed by atoms with Gasteiger partial charge in [-0.05, 0) is 25.7 Å². The average molecular weight is 243 g/mol. The summed E-state index contributed by atoms with van der Waals surface area (Å²) in [6.07, 6.45) is 1.08. The van der Waals surface area contributed by atoms with Gasteiger partial charge in [-0.3, -0.25) is 9.59 Å². The second kappa shape index (κ2) is 5.97. The molecule has 0 radical (unpaired) electrons. The van der Waals surface area contributed by atoms with E-state index in [9.17, 15) is 14.7 Å².